The summed E-state index contributed by atoms with van der Waals surface area (Å²) >= 11 is 0. The van der Waals surface area contributed by atoms with E-state index in [4.69, 9.17) is 0 Å². The number of nitrogens with zero attached hydrogens (tertiary/aromatic N) is 1. The highest BCUT2D eigenvalue weighted by molar-refractivity contribution is 5.13. The lowest BCUT2D eigenvalue weighted by molar-refractivity contribution is -0.941. The van der Waals surface area contributed by atoms with E-state index in [1.807, 2.05) is 0 Å². The van der Waals surface area contributed by atoms with Crippen LogP contribution in [0.15, 0.2) is 66.8 Å². The summed E-state index contributed by atoms with van der Waals surface area (Å²) in [4.78, 5) is 0. The third kappa shape index (κ3) is 17.5. The van der Waals surface area contributed by atoms with Crippen molar-refractivity contribution in [3.63, 3.8) is 0 Å². The minimum absolute atomic E-state index is 1.18. The van der Waals surface area contributed by atoms with Crippen molar-refractivity contribution in [2.45, 2.75) is 124 Å². The Hall–Kier alpha value is -1.60. The van der Waals surface area contributed by atoms with E-state index in [2.05, 4.69) is 87.6 Å². The molecule has 1 nitrogen and oxygen atoms in total. The number of allylic oxidation sites excluding steroid dienone is 6. The molecule has 198 valence electrons. The van der Waals surface area contributed by atoms with Crippen molar-refractivity contribution >= 4 is 0 Å². The number of rotatable bonds is 23. The first-order valence-corrected chi connectivity index (χ1v) is 15.1. The molecule has 0 aliphatic heterocycles. The molecule has 0 aromatic heterocycles. The molecule has 0 fully saturated rings. The van der Waals surface area contributed by atoms with Gasteiger partial charge in [-0.25, -0.2) is 0 Å². The SMILES string of the molecule is CCCC/C=C/CCC[N+](CCC/C=C/CCCC)(CCC/C=C/CCCC)Cc1ccccc1. The summed E-state index contributed by atoms with van der Waals surface area (Å²) in [5.74, 6) is 0. The van der Waals surface area contributed by atoms with E-state index in [9.17, 15) is 0 Å². The molecule has 1 heteroatoms. The average molecular weight is 481 g/mol. The zero-order chi connectivity index (χ0) is 25.3. The van der Waals surface area contributed by atoms with Crippen molar-refractivity contribution in [1.29, 1.82) is 0 Å². The molecule has 0 N–H and O–H groups in total. The van der Waals surface area contributed by atoms with Crippen LogP contribution in [0, 0.1) is 0 Å². The first-order valence-electron chi connectivity index (χ1n) is 15.1. The minimum Gasteiger partial charge on any atom is -0.320 e. The van der Waals surface area contributed by atoms with Crippen LogP contribution in [-0.4, -0.2) is 24.1 Å². The van der Waals surface area contributed by atoms with Gasteiger partial charge in [-0.05, 0) is 38.5 Å². The van der Waals surface area contributed by atoms with Gasteiger partial charge in [-0.1, -0.05) is 126 Å². The van der Waals surface area contributed by atoms with Crippen molar-refractivity contribution in [1.82, 2.24) is 0 Å². The van der Waals surface area contributed by atoms with Crippen LogP contribution in [0.5, 0.6) is 0 Å². The largest absolute Gasteiger partial charge is 0.320 e. The van der Waals surface area contributed by atoms with E-state index in [-0.39, 0.29) is 0 Å². The van der Waals surface area contributed by atoms with E-state index in [0.29, 0.717) is 0 Å². The second-order valence-corrected chi connectivity index (χ2v) is 10.4. The first kappa shape index (κ1) is 31.4. The fourth-order valence-electron chi connectivity index (χ4n) is 4.85. The Morgan fingerprint density at radius 2 is 0.829 bits per heavy atom. The Morgan fingerprint density at radius 3 is 1.17 bits per heavy atom. The summed E-state index contributed by atoms with van der Waals surface area (Å²) in [6.45, 7) is 11.9. The minimum atomic E-state index is 1.18. The molecule has 35 heavy (non-hydrogen) atoms. The van der Waals surface area contributed by atoms with Crippen LogP contribution < -0.4 is 0 Å². The molecule has 0 spiro atoms. The van der Waals surface area contributed by atoms with Crippen LogP contribution in [0.1, 0.15) is 123 Å². The molecule has 0 bridgehead atoms. The van der Waals surface area contributed by atoms with Gasteiger partial charge in [-0.15, -0.1) is 0 Å². The molecule has 0 radical (unpaired) electrons. The second kappa shape index (κ2) is 22.8. The molecule has 0 saturated heterocycles. The summed E-state index contributed by atoms with van der Waals surface area (Å²) in [6, 6.07) is 11.3. The zero-order valence-electron chi connectivity index (χ0n) is 23.7. The van der Waals surface area contributed by atoms with Crippen molar-refractivity contribution in [2.24, 2.45) is 0 Å². The Balaban J connectivity index is 2.80. The third-order valence-electron chi connectivity index (χ3n) is 7.04. The van der Waals surface area contributed by atoms with Crippen LogP contribution in [0.2, 0.25) is 0 Å². The van der Waals surface area contributed by atoms with Crippen LogP contribution in [0.4, 0.5) is 0 Å². The van der Waals surface area contributed by atoms with E-state index in [1.54, 1.807) is 0 Å². The average Bonchev–Trinajstić information content (AvgIpc) is 2.88. The topological polar surface area (TPSA) is 0 Å². The molecule has 0 heterocycles. The smallest absolute Gasteiger partial charge is 0.104 e. The van der Waals surface area contributed by atoms with E-state index in [1.165, 1.54) is 133 Å². The van der Waals surface area contributed by atoms with Crippen LogP contribution in [0.25, 0.3) is 0 Å². The highest BCUT2D eigenvalue weighted by Gasteiger charge is 2.26. The summed E-state index contributed by atoms with van der Waals surface area (Å²) in [5.41, 5.74) is 1.50. The molecule has 0 unspecified atom stereocenters. The normalized spacial score (nSPS) is 12.5. The van der Waals surface area contributed by atoms with E-state index in [0.717, 1.165) is 0 Å². The van der Waals surface area contributed by atoms with Crippen molar-refractivity contribution in [3.8, 4) is 0 Å². The molecule has 0 aliphatic carbocycles. The van der Waals surface area contributed by atoms with Gasteiger partial charge in [-0.3, -0.25) is 0 Å². The highest BCUT2D eigenvalue weighted by atomic mass is 15.3. The number of unbranched alkanes of at least 4 members (excludes halogenated alkanes) is 9. The maximum absolute atomic E-state index is 2.44. The van der Waals surface area contributed by atoms with Gasteiger partial charge in [0.2, 0.25) is 0 Å². The molecule has 1 aromatic rings. The molecule has 0 amide bonds. The van der Waals surface area contributed by atoms with Crippen molar-refractivity contribution in [3.05, 3.63) is 72.4 Å². The van der Waals surface area contributed by atoms with Crippen LogP contribution in [0.3, 0.4) is 0 Å². The van der Waals surface area contributed by atoms with Gasteiger partial charge in [-0.2, -0.15) is 0 Å². The molecule has 1 aromatic carbocycles. The van der Waals surface area contributed by atoms with E-state index >= 15 is 0 Å². The maximum atomic E-state index is 2.44. The molecular weight excluding hydrogens is 422 g/mol. The molecular formula is C34H58N+. The fraction of sp³-hybridized carbons (Fsp3) is 0.647. The lowest BCUT2D eigenvalue weighted by atomic mass is 10.1. The maximum Gasteiger partial charge on any atom is 0.104 e. The summed E-state index contributed by atoms with van der Waals surface area (Å²) in [7, 11) is 0. The van der Waals surface area contributed by atoms with Gasteiger partial charge < -0.3 is 4.48 Å². The predicted octanol–water partition coefficient (Wildman–Crippen LogP) is 10.6. The molecule has 0 aliphatic rings. The lowest BCUT2D eigenvalue weighted by Crippen LogP contribution is -2.49. The first-order chi connectivity index (χ1) is 17.3. The molecule has 1 rings (SSSR count). The van der Waals surface area contributed by atoms with Crippen molar-refractivity contribution < 1.29 is 4.48 Å². The summed E-state index contributed by atoms with van der Waals surface area (Å²) < 4.78 is 1.25. The number of benzene rings is 1. The Kier molecular flexibility index (Phi) is 20.5. The van der Waals surface area contributed by atoms with Crippen LogP contribution >= 0.6 is 0 Å². The Bertz CT molecular complexity index is 595. The van der Waals surface area contributed by atoms with Gasteiger partial charge in [0.1, 0.15) is 6.54 Å². The third-order valence-corrected chi connectivity index (χ3v) is 7.04. The van der Waals surface area contributed by atoms with Crippen LogP contribution in [-0.2, 0) is 6.54 Å². The lowest BCUT2D eigenvalue weighted by Gasteiger charge is -2.39. The van der Waals surface area contributed by atoms with Gasteiger partial charge in [0, 0.05) is 24.8 Å². The molecule has 0 atom stereocenters. The van der Waals surface area contributed by atoms with Gasteiger partial charge in [0.25, 0.3) is 0 Å². The summed E-state index contributed by atoms with van der Waals surface area (Å²) in [5, 5.41) is 0. The Labute approximate surface area is 220 Å². The van der Waals surface area contributed by atoms with Crippen molar-refractivity contribution in [2.75, 3.05) is 19.6 Å². The monoisotopic (exact) mass is 480 g/mol. The number of hydrogen-bond donors (Lipinski definition) is 0. The standard InChI is InChI=1S/C34H58N/c1-4-7-10-13-16-19-25-30-35(33-34-28-23-22-24-29-34,31-26-20-17-14-11-8-5-2)32-27-21-18-15-12-9-6-3/h13-18,22-24,28-29H,4-12,19-21,25-27,30-33H2,1-3H3/q+1/b16-13+,17-14+,18-15+. The Morgan fingerprint density at radius 1 is 0.486 bits per heavy atom. The summed E-state index contributed by atoms with van der Waals surface area (Å²) in [6.07, 6.45) is 33.7. The number of quaternary nitrogens is 1. The fourth-order valence-corrected chi connectivity index (χ4v) is 4.85. The van der Waals surface area contributed by atoms with E-state index < -0.39 is 0 Å². The van der Waals surface area contributed by atoms with Gasteiger partial charge >= 0.3 is 0 Å². The number of hydrogen-bond acceptors (Lipinski definition) is 0. The quantitative estimate of drug-likeness (QED) is 0.0829. The second-order valence-electron chi connectivity index (χ2n) is 10.4. The zero-order valence-corrected chi connectivity index (χ0v) is 23.7. The molecule has 0 saturated carbocycles. The van der Waals surface area contributed by atoms with Gasteiger partial charge in [0.15, 0.2) is 0 Å². The highest BCUT2D eigenvalue weighted by Crippen LogP contribution is 2.21. The predicted molar refractivity (Wildman–Crippen MR) is 159 cm³/mol. The van der Waals surface area contributed by atoms with Gasteiger partial charge in [0.05, 0.1) is 19.6 Å².